The van der Waals surface area contributed by atoms with Gasteiger partial charge in [-0.15, -0.1) is 0 Å². The lowest BCUT2D eigenvalue weighted by atomic mass is 10.2. The van der Waals surface area contributed by atoms with Gasteiger partial charge in [-0.2, -0.15) is 0 Å². The summed E-state index contributed by atoms with van der Waals surface area (Å²) in [4.78, 5) is 8.74. The van der Waals surface area contributed by atoms with Gasteiger partial charge in [0.1, 0.15) is 18.2 Å². The van der Waals surface area contributed by atoms with Crippen LogP contribution in [-0.2, 0) is 13.2 Å². The quantitative estimate of drug-likeness (QED) is 0.738. The first-order valence-electron chi connectivity index (χ1n) is 7.85. The summed E-state index contributed by atoms with van der Waals surface area (Å²) in [5.74, 6) is 3.23. The smallest absolute Gasteiger partial charge is 0.231 e. The molecular weight excluding hydrogens is 322 g/mol. The normalized spacial score (nSPS) is 12.4. The molecule has 25 heavy (non-hydrogen) atoms. The van der Waals surface area contributed by atoms with E-state index in [4.69, 9.17) is 14.2 Å². The fourth-order valence-corrected chi connectivity index (χ4v) is 2.72. The number of nitrogens with zero attached hydrogens (tertiary/aromatic N) is 2. The summed E-state index contributed by atoms with van der Waals surface area (Å²) in [5.41, 5.74) is 1.78. The van der Waals surface area contributed by atoms with Crippen LogP contribution in [0.25, 0.3) is 10.9 Å². The van der Waals surface area contributed by atoms with Crippen molar-refractivity contribution in [2.24, 2.45) is 0 Å². The van der Waals surface area contributed by atoms with E-state index in [9.17, 15) is 5.11 Å². The molecule has 0 saturated carbocycles. The van der Waals surface area contributed by atoms with Crippen LogP contribution in [0, 0.1) is 0 Å². The van der Waals surface area contributed by atoms with Gasteiger partial charge in [0.25, 0.3) is 0 Å². The average molecular weight is 339 g/mol. The molecule has 1 aliphatic rings. The van der Waals surface area contributed by atoms with Gasteiger partial charge in [0.15, 0.2) is 17.3 Å². The number of methoxy groups -OCH3 is 1. The highest BCUT2D eigenvalue weighted by Gasteiger charge is 2.14. The van der Waals surface area contributed by atoms with Gasteiger partial charge in [-0.3, -0.25) is 0 Å². The van der Waals surface area contributed by atoms with Crippen molar-refractivity contribution in [3.05, 3.63) is 47.8 Å². The molecule has 0 bridgehead atoms. The maximum atomic E-state index is 9.41. The van der Waals surface area contributed by atoms with Crippen LogP contribution in [0.2, 0.25) is 0 Å². The first-order valence-corrected chi connectivity index (χ1v) is 7.85. The van der Waals surface area contributed by atoms with Gasteiger partial charge in [-0.25, -0.2) is 9.97 Å². The van der Waals surface area contributed by atoms with Crippen LogP contribution in [0.5, 0.6) is 17.2 Å². The topological polar surface area (TPSA) is 85.7 Å². The largest absolute Gasteiger partial charge is 0.497 e. The van der Waals surface area contributed by atoms with E-state index < -0.39 is 0 Å². The Labute approximate surface area is 144 Å². The molecule has 2 heterocycles. The van der Waals surface area contributed by atoms with Crippen molar-refractivity contribution in [3.63, 3.8) is 0 Å². The Morgan fingerprint density at radius 1 is 1.12 bits per heavy atom. The number of fused-ring (bicyclic) bond motifs is 2. The molecule has 0 amide bonds. The van der Waals surface area contributed by atoms with E-state index in [1.165, 1.54) is 0 Å². The zero-order chi connectivity index (χ0) is 17.2. The molecule has 128 valence electrons. The SMILES string of the molecule is COc1ccc2nc(CO)nc(NCc3ccc4c(c3)OCO4)c2c1. The van der Waals surface area contributed by atoms with Gasteiger partial charge in [-0.05, 0) is 35.9 Å². The van der Waals surface area contributed by atoms with Gasteiger partial charge in [0.05, 0.1) is 12.6 Å². The molecule has 4 rings (SSSR count). The molecular formula is C18H17N3O4. The second-order valence-electron chi connectivity index (χ2n) is 5.57. The number of hydrogen-bond acceptors (Lipinski definition) is 7. The van der Waals surface area contributed by atoms with Crippen molar-refractivity contribution in [1.29, 1.82) is 0 Å². The molecule has 0 saturated heterocycles. The highest BCUT2D eigenvalue weighted by Crippen LogP contribution is 2.33. The van der Waals surface area contributed by atoms with Gasteiger partial charge in [0, 0.05) is 11.9 Å². The molecule has 1 aromatic heterocycles. The molecule has 0 atom stereocenters. The zero-order valence-electron chi connectivity index (χ0n) is 13.7. The summed E-state index contributed by atoms with van der Waals surface area (Å²) in [6.45, 7) is 0.577. The molecule has 3 aromatic rings. The van der Waals surface area contributed by atoms with Crippen molar-refractivity contribution in [3.8, 4) is 17.2 Å². The summed E-state index contributed by atoms with van der Waals surface area (Å²) in [5, 5.41) is 13.5. The van der Waals surface area contributed by atoms with Gasteiger partial charge < -0.3 is 24.6 Å². The van der Waals surface area contributed by atoms with E-state index in [-0.39, 0.29) is 13.4 Å². The predicted octanol–water partition coefficient (Wildman–Crippen LogP) is 2.47. The molecule has 2 N–H and O–H groups in total. The molecule has 0 fully saturated rings. The van der Waals surface area contributed by atoms with Crippen LogP contribution >= 0.6 is 0 Å². The third kappa shape index (κ3) is 3.01. The minimum Gasteiger partial charge on any atom is -0.497 e. The summed E-state index contributed by atoms with van der Waals surface area (Å²) < 4.78 is 16.0. The van der Waals surface area contributed by atoms with Crippen molar-refractivity contribution < 1.29 is 19.3 Å². The van der Waals surface area contributed by atoms with Crippen molar-refractivity contribution >= 4 is 16.7 Å². The van der Waals surface area contributed by atoms with Crippen molar-refractivity contribution in [1.82, 2.24) is 9.97 Å². The monoisotopic (exact) mass is 339 g/mol. The van der Waals surface area contributed by atoms with E-state index >= 15 is 0 Å². The number of hydrogen-bond donors (Lipinski definition) is 2. The molecule has 1 aliphatic heterocycles. The first-order chi connectivity index (χ1) is 12.3. The lowest BCUT2D eigenvalue weighted by molar-refractivity contribution is 0.174. The number of nitrogens with one attached hydrogen (secondary N) is 1. The number of benzene rings is 2. The lowest BCUT2D eigenvalue weighted by Gasteiger charge is -2.11. The second kappa shape index (κ2) is 6.45. The highest BCUT2D eigenvalue weighted by molar-refractivity contribution is 5.90. The molecule has 2 aromatic carbocycles. The Bertz CT molecular complexity index is 930. The molecule has 0 spiro atoms. The van der Waals surface area contributed by atoms with Gasteiger partial charge in [0.2, 0.25) is 6.79 Å². The van der Waals surface area contributed by atoms with E-state index in [1.807, 2.05) is 36.4 Å². The Morgan fingerprint density at radius 2 is 2.00 bits per heavy atom. The van der Waals surface area contributed by atoms with E-state index in [0.29, 0.717) is 18.2 Å². The highest BCUT2D eigenvalue weighted by atomic mass is 16.7. The number of ether oxygens (including phenoxy) is 3. The van der Waals surface area contributed by atoms with Crippen LogP contribution in [0.4, 0.5) is 5.82 Å². The van der Waals surface area contributed by atoms with Crippen molar-refractivity contribution in [2.45, 2.75) is 13.2 Å². The Kier molecular flexibility index (Phi) is 3.99. The zero-order valence-corrected chi connectivity index (χ0v) is 13.7. The number of aromatic nitrogens is 2. The van der Waals surface area contributed by atoms with Crippen LogP contribution in [0.1, 0.15) is 11.4 Å². The molecule has 0 unspecified atom stereocenters. The summed E-state index contributed by atoms with van der Waals surface area (Å²) >= 11 is 0. The molecule has 7 heteroatoms. The van der Waals surface area contributed by atoms with Crippen LogP contribution in [-0.4, -0.2) is 29.0 Å². The van der Waals surface area contributed by atoms with E-state index in [0.717, 1.165) is 33.7 Å². The number of anilines is 1. The maximum absolute atomic E-state index is 9.41. The summed E-state index contributed by atoms with van der Waals surface area (Å²) in [7, 11) is 1.61. The first kappa shape index (κ1) is 15.5. The van der Waals surface area contributed by atoms with Crippen LogP contribution in [0.3, 0.4) is 0 Å². The third-order valence-corrected chi connectivity index (χ3v) is 3.99. The Morgan fingerprint density at radius 3 is 2.84 bits per heavy atom. The van der Waals surface area contributed by atoms with E-state index in [1.54, 1.807) is 7.11 Å². The van der Waals surface area contributed by atoms with Gasteiger partial charge in [-0.1, -0.05) is 6.07 Å². The second-order valence-corrected chi connectivity index (χ2v) is 5.57. The molecule has 0 aliphatic carbocycles. The number of rotatable bonds is 5. The maximum Gasteiger partial charge on any atom is 0.231 e. The number of aliphatic hydroxyl groups is 1. The summed E-state index contributed by atoms with van der Waals surface area (Å²) in [6.07, 6.45) is 0. The standard InChI is InChI=1S/C18H17N3O4/c1-23-12-3-4-14-13(7-12)18(21-17(9-22)20-14)19-8-11-2-5-15-16(6-11)25-10-24-15/h2-7,22H,8-10H2,1H3,(H,19,20,21). The van der Waals surface area contributed by atoms with Crippen molar-refractivity contribution in [2.75, 3.05) is 19.2 Å². The lowest BCUT2D eigenvalue weighted by Crippen LogP contribution is -2.06. The summed E-state index contributed by atoms with van der Waals surface area (Å²) in [6, 6.07) is 11.3. The fourth-order valence-electron chi connectivity index (χ4n) is 2.72. The number of aliphatic hydroxyl groups excluding tert-OH is 1. The van der Waals surface area contributed by atoms with Gasteiger partial charge >= 0.3 is 0 Å². The minimum absolute atomic E-state index is 0.222. The fraction of sp³-hybridized carbons (Fsp3) is 0.222. The third-order valence-electron chi connectivity index (χ3n) is 3.99. The molecule has 7 nitrogen and oxygen atoms in total. The average Bonchev–Trinajstić information content (AvgIpc) is 3.13. The molecule has 0 radical (unpaired) electrons. The van der Waals surface area contributed by atoms with Crippen LogP contribution in [0.15, 0.2) is 36.4 Å². The minimum atomic E-state index is -0.222. The predicted molar refractivity (Wildman–Crippen MR) is 91.9 cm³/mol. The Balaban J connectivity index is 1.65. The van der Waals surface area contributed by atoms with Crippen LogP contribution < -0.4 is 19.5 Å². The Hall–Kier alpha value is -3.06. The van der Waals surface area contributed by atoms with E-state index in [2.05, 4.69) is 15.3 Å².